The Morgan fingerprint density at radius 3 is 2.86 bits per heavy atom. The normalized spacial score (nSPS) is 15.3. The van der Waals surface area contributed by atoms with Crippen LogP contribution in [0.5, 0.6) is 0 Å². The molecule has 0 spiro atoms. The lowest BCUT2D eigenvalue weighted by atomic mass is 10.0. The summed E-state index contributed by atoms with van der Waals surface area (Å²) >= 11 is 3.51. The molecule has 104 valence electrons. The fraction of sp³-hybridized carbons (Fsp3) is 0.125. The van der Waals surface area contributed by atoms with Crippen LogP contribution in [-0.2, 0) is 4.79 Å². The average Bonchev–Trinajstić information content (AvgIpc) is 2.87. The van der Waals surface area contributed by atoms with Crippen LogP contribution in [-0.4, -0.2) is 11.6 Å². The first-order valence-corrected chi connectivity index (χ1v) is 7.48. The number of hydrogen-bond acceptors (Lipinski definition) is 3. The molecule has 1 amide bonds. The fourth-order valence-corrected chi connectivity index (χ4v) is 3.07. The number of benzene rings is 2. The van der Waals surface area contributed by atoms with E-state index in [1.165, 1.54) is 0 Å². The minimum atomic E-state index is -0.0347. The Balaban J connectivity index is 1.89. The topological polar surface area (TPSA) is 54.6 Å². The minimum absolute atomic E-state index is 0.0347. The van der Waals surface area contributed by atoms with E-state index in [-0.39, 0.29) is 5.91 Å². The summed E-state index contributed by atoms with van der Waals surface area (Å²) in [7, 11) is 0. The van der Waals surface area contributed by atoms with Gasteiger partial charge in [-0.3, -0.25) is 4.79 Å². The van der Waals surface area contributed by atoms with E-state index in [9.17, 15) is 4.79 Å². The number of nitrogens with one attached hydrogen (secondary N) is 1. The van der Waals surface area contributed by atoms with Crippen LogP contribution in [0.15, 0.2) is 50.4 Å². The van der Waals surface area contributed by atoms with E-state index in [4.69, 9.17) is 4.42 Å². The lowest BCUT2D eigenvalue weighted by Crippen LogP contribution is -2.25. The largest absolute Gasteiger partial charge is 0.455 e. The molecule has 4 nitrogen and oxygen atoms in total. The maximum absolute atomic E-state index is 11.2. The van der Waals surface area contributed by atoms with E-state index in [0.717, 1.165) is 37.7 Å². The number of hydrogen-bond donors (Lipinski definition) is 1. The molecule has 21 heavy (non-hydrogen) atoms. The molecule has 0 saturated heterocycles. The van der Waals surface area contributed by atoms with Crippen molar-refractivity contribution in [1.82, 2.24) is 5.43 Å². The molecule has 1 aromatic heterocycles. The highest BCUT2D eigenvalue weighted by molar-refractivity contribution is 9.10. The number of carbonyl (C=O) groups excluding carboxylic acids is 1. The number of carbonyl (C=O) groups is 1. The van der Waals surface area contributed by atoms with E-state index in [2.05, 4.69) is 26.5 Å². The van der Waals surface area contributed by atoms with Crippen molar-refractivity contribution < 1.29 is 9.21 Å². The number of para-hydroxylation sites is 1. The molecule has 0 unspecified atom stereocenters. The van der Waals surface area contributed by atoms with Crippen molar-refractivity contribution >= 4 is 49.5 Å². The molecule has 5 heteroatoms. The number of fused-ring (bicyclic) bond motifs is 3. The molecule has 0 atom stereocenters. The van der Waals surface area contributed by atoms with Crippen LogP contribution in [0.3, 0.4) is 0 Å². The molecule has 3 aromatic rings. The molecule has 2 aromatic carbocycles. The van der Waals surface area contributed by atoms with Crippen molar-refractivity contribution in [2.75, 3.05) is 0 Å². The average molecular weight is 343 g/mol. The van der Waals surface area contributed by atoms with Crippen molar-refractivity contribution in [2.24, 2.45) is 5.10 Å². The standard InChI is InChI=1S/C16H11BrN2O2/c17-12-3-1-2-11-10-5-4-9(8-14(10)21-16(11)12)13-6-7-15(20)19-18-13/h1-5,8H,6-7H2,(H,19,20). The molecule has 0 radical (unpaired) electrons. The Hall–Kier alpha value is -2.14. The first kappa shape index (κ1) is 12.6. The number of amides is 1. The molecular formula is C16H11BrN2O2. The number of rotatable bonds is 1. The summed E-state index contributed by atoms with van der Waals surface area (Å²) in [4.78, 5) is 11.2. The van der Waals surface area contributed by atoms with E-state index in [0.29, 0.717) is 12.8 Å². The highest BCUT2D eigenvalue weighted by Gasteiger charge is 2.15. The molecule has 1 aliphatic rings. The summed E-state index contributed by atoms with van der Waals surface area (Å²) in [6.45, 7) is 0. The van der Waals surface area contributed by atoms with Gasteiger partial charge in [0.2, 0.25) is 5.91 Å². The van der Waals surface area contributed by atoms with Crippen LogP contribution in [0.1, 0.15) is 18.4 Å². The molecule has 1 aliphatic heterocycles. The van der Waals surface area contributed by atoms with Crippen LogP contribution in [0.2, 0.25) is 0 Å². The van der Waals surface area contributed by atoms with Crippen molar-refractivity contribution in [3.05, 3.63) is 46.4 Å². The first-order chi connectivity index (χ1) is 10.2. The monoisotopic (exact) mass is 342 g/mol. The number of hydrazone groups is 1. The summed E-state index contributed by atoms with van der Waals surface area (Å²) in [6, 6.07) is 12.1. The summed E-state index contributed by atoms with van der Waals surface area (Å²) in [5.74, 6) is -0.0347. The highest BCUT2D eigenvalue weighted by Crippen LogP contribution is 2.33. The third-order valence-corrected chi connectivity index (χ3v) is 4.31. The maximum Gasteiger partial charge on any atom is 0.240 e. The van der Waals surface area contributed by atoms with Gasteiger partial charge in [0.15, 0.2) is 0 Å². The number of furan rings is 1. The third-order valence-electron chi connectivity index (χ3n) is 3.69. The van der Waals surface area contributed by atoms with Gasteiger partial charge < -0.3 is 4.42 Å². The number of nitrogens with zero attached hydrogens (tertiary/aromatic N) is 1. The summed E-state index contributed by atoms with van der Waals surface area (Å²) in [5.41, 5.74) is 6.07. The van der Waals surface area contributed by atoms with Gasteiger partial charge in [0.05, 0.1) is 10.2 Å². The quantitative estimate of drug-likeness (QED) is 0.727. The summed E-state index contributed by atoms with van der Waals surface area (Å²) in [6.07, 6.45) is 1.13. The van der Waals surface area contributed by atoms with Crippen LogP contribution in [0.25, 0.3) is 21.9 Å². The van der Waals surface area contributed by atoms with E-state index in [1.807, 2.05) is 36.4 Å². The lowest BCUT2D eigenvalue weighted by molar-refractivity contribution is -0.121. The van der Waals surface area contributed by atoms with Crippen LogP contribution >= 0.6 is 15.9 Å². The van der Waals surface area contributed by atoms with Crippen LogP contribution in [0.4, 0.5) is 0 Å². The Labute approximate surface area is 128 Å². The predicted octanol–water partition coefficient (Wildman–Crippen LogP) is 3.96. The highest BCUT2D eigenvalue weighted by atomic mass is 79.9. The van der Waals surface area contributed by atoms with Crippen molar-refractivity contribution in [3.63, 3.8) is 0 Å². The Bertz CT molecular complexity index is 911. The summed E-state index contributed by atoms with van der Waals surface area (Å²) in [5, 5.41) is 6.29. The minimum Gasteiger partial charge on any atom is -0.455 e. The van der Waals surface area contributed by atoms with Crippen molar-refractivity contribution in [2.45, 2.75) is 12.8 Å². The molecule has 1 N–H and O–H groups in total. The second-order valence-electron chi connectivity index (χ2n) is 5.02. The second kappa shape index (κ2) is 4.70. The maximum atomic E-state index is 11.2. The Kier molecular flexibility index (Phi) is 2.82. The van der Waals surface area contributed by atoms with E-state index >= 15 is 0 Å². The van der Waals surface area contributed by atoms with Gasteiger partial charge in [-0.25, -0.2) is 5.43 Å². The molecule has 4 rings (SSSR count). The first-order valence-electron chi connectivity index (χ1n) is 6.69. The Morgan fingerprint density at radius 2 is 2.05 bits per heavy atom. The molecule has 0 aliphatic carbocycles. The molecule has 0 saturated carbocycles. The Morgan fingerprint density at radius 1 is 1.14 bits per heavy atom. The van der Waals surface area contributed by atoms with Gasteiger partial charge in [-0.1, -0.05) is 18.2 Å². The third kappa shape index (κ3) is 2.05. The predicted molar refractivity (Wildman–Crippen MR) is 85.3 cm³/mol. The molecular weight excluding hydrogens is 332 g/mol. The van der Waals surface area contributed by atoms with Crippen molar-refractivity contribution in [3.8, 4) is 0 Å². The van der Waals surface area contributed by atoms with Gasteiger partial charge in [-0.05, 0) is 34.1 Å². The molecule has 0 bridgehead atoms. The van der Waals surface area contributed by atoms with Gasteiger partial charge in [-0.15, -0.1) is 0 Å². The van der Waals surface area contributed by atoms with Gasteiger partial charge >= 0.3 is 0 Å². The number of halogens is 1. The SMILES string of the molecule is O=C1CCC(c2ccc3c(c2)oc2c(Br)cccc23)=NN1. The van der Waals surface area contributed by atoms with Crippen LogP contribution < -0.4 is 5.43 Å². The summed E-state index contributed by atoms with van der Waals surface area (Å²) < 4.78 is 6.89. The van der Waals surface area contributed by atoms with Gasteiger partial charge in [0.1, 0.15) is 11.2 Å². The van der Waals surface area contributed by atoms with E-state index in [1.54, 1.807) is 0 Å². The lowest BCUT2D eigenvalue weighted by Gasteiger charge is -2.11. The zero-order valence-electron chi connectivity index (χ0n) is 11.0. The molecule has 2 heterocycles. The fourth-order valence-electron chi connectivity index (χ4n) is 2.63. The smallest absolute Gasteiger partial charge is 0.240 e. The van der Waals surface area contributed by atoms with Gasteiger partial charge in [0.25, 0.3) is 0 Å². The van der Waals surface area contributed by atoms with Crippen molar-refractivity contribution in [1.29, 1.82) is 0 Å². The van der Waals surface area contributed by atoms with E-state index < -0.39 is 0 Å². The second-order valence-corrected chi connectivity index (χ2v) is 5.88. The van der Waals surface area contributed by atoms with Crippen LogP contribution in [0, 0.1) is 0 Å². The zero-order chi connectivity index (χ0) is 14.4. The van der Waals surface area contributed by atoms with Gasteiger partial charge in [0, 0.05) is 29.2 Å². The van der Waals surface area contributed by atoms with Gasteiger partial charge in [-0.2, -0.15) is 5.10 Å². The molecule has 0 fully saturated rings. The zero-order valence-corrected chi connectivity index (χ0v) is 12.6.